The van der Waals surface area contributed by atoms with Gasteiger partial charge in [-0.3, -0.25) is 14.9 Å². The maximum atomic E-state index is 12.9. The van der Waals surface area contributed by atoms with Gasteiger partial charge in [-0.05, 0) is 49.1 Å². The largest absolute Gasteiger partial charge is 0.354 e. The van der Waals surface area contributed by atoms with Crippen molar-refractivity contribution in [3.8, 4) is 0 Å². The molecule has 1 saturated heterocycles. The molecule has 0 spiro atoms. The van der Waals surface area contributed by atoms with E-state index in [1.807, 2.05) is 17.9 Å². The summed E-state index contributed by atoms with van der Waals surface area (Å²) in [6.07, 6.45) is 5.70. The summed E-state index contributed by atoms with van der Waals surface area (Å²) in [4.78, 5) is 37.0. The summed E-state index contributed by atoms with van der Waals surface area (Å²) in [6, 6.07) is 16.5. The van der Waals surface area contributed by atoms with Crippen molar-refractivity contribution in [2.24, 2.45) is 0 Å². The van der Waals surface area contributed by atoms with Crippen molar-refractivity contribution < 1.29 is 9.72 Å². The van der Waals surface area contributed by atoms with E-state index in [-0.39, 0.29) is 11.6 Å². The minimum atomic E-state index is -0.435. The van der Waals surface area contributed by atoms with Crippen molar-refractivity contribution in [3.63, 3.8) is 0 Å². The number of nitro groups is 1. The van der Waals surface area contributed by atoms with Gasteiger partial charge in [-0.1, -0.05) is 37.3 Å². The van der Waals surface area contributed by atoms with Crippen LogP contribution < -0.4 is 4.90 Å². The Labute approximate surface area is 211 Å². The average Bonchev–Trinajstić information content (AvgIpc) is 3.15. The van der Waals surface area contributed by atoms with E-state index in [4.69, 9.17) is 9.97 Å². The first-order valence-electron chi connectivity index (χ1n) is 12.3. The number of nitrogens with zero attached hydrogens (tertiary/aromatic N) is 5. The van der Waals surface area contributed by atoms with Crippen LogP contribution in [-0.2, 0) is 17.6 Å². The average molecular weight is 486 g/mol. The number of benzene rings is 2. The summed E-state index contributed by atoms with van der Waals surface area (Å²) in [7, 11) is 0. The fraction of sp³-hybridized carbons (Fsp3) is 0.321. The van der Waals surface area contributed by atoms with Gasteiger partial charge in [-0.15, -0.1) is 0 Å². The van der Waals surface area contributed by atoms with E-state index in [2.05, 4.69) is 36.1 Å². The van der Waals surface area contributed by atoms with E-state index >= 15 is 0 Å². The molecule has 1 fully saturated rings. The summed E-state index contributed by atoms with van der Waals surface area (Å²) >= 11 is 0. The van der Waals surface area contributed by atoms with E-state index in [0.29, 0.717) is 19.6 Å². The summed E-state index contributed by atoms with van der Waals surface area (Å²) in [5.41, 5.74) is 4.24. The molecule has 8 heteroatoms. The lowest BCUT2D eigenvalue weighted by molar-refractivity contribution is -0.384. The minimum absolute atomic E-state index is 0.0314. The minimum Gasteiger partial charge on any atom is -0.354 e. The highest BCUT2D eigenvalue weighted by molar-refractivity contribution is 5.91. The lowest BCUT2D eigenvalue weighted by Crippen LogP contribution is -2.35. The van der Waals surface area contributed by atoms with Gasteiger partial charge in [0.05, 0.1) is 4.92 Å². The first-order valence-corrected chi connectivity index (χ1v) is 12.3. The third-order valence-electron chi connectivity index (χ3n) is 6.37. The van der Waals surface area contributed by atoms with Crippen molar-refractivity contribution in [3.05, 3.63) is 99.0 Å². The highest BCUT2D eigenvalue weighted by Gasteiger charge is 2.23. The normalized spacial score (nSPS) is 14.2. The molecule has 1 amide bonds. The maximum Gasteiger partial charge on any atom is 0.269 e. The van der Waals surface area contributed by atoms with Crippen LogP contribution in [0.25, 0.3) is 6.08 Å². The van der Waals surface area contributed by atoms with Gasteiger partial charge < -0.3 is 9.80 Å². The molecule has 2 heterocycles. The Kier molecular flexibility index (Phi) is 8.05. The fourth-order valence-electron chi connectivity index (χ4n) is 4.50. The van der Waals surface area contributed by atoms with Gasteiger partial charge in [0.25, 0.3) is 5.69 Å². The summed E-state index contributed by atoms with van der Waals surface area (Å²) < 4.78 is 0. The van der Waals surface area contributed by atoms with Crippen LogP contribution in [0.15, 0.2) is 60.7 Å². The molecule has 0 aliphatic carbocycles. The molecule has 1 aliphatic rings. The molecule has 0 radical (unpaired) electrons. The Balaban J connectivity index is 1.48. The van der Waals surface area contributed by atoms with E-state index in [9.17, 15) is 14.9 Å². The van der Waals surface area contributed by atoms with Crippen LogP contribution in [0, 0.1) is 17.0 Å². The molecular formula is C28H31N5O3. The maximum absolute atomic E-state index is 12.9. The molecule has 0 saturated carbocycles. The van der Waals surface area contributed by atoms with Crippen LogP contribution in [0.4, 0.5) is 11.5 Å². The number of hydrogen-bond donors (Lipinski definition) is 0. The Morgan fingerprint density at radius 2 is 1.78 bits per heavy atom. The third-order valence-corrected chi connectivity index (χ3v) is 6.37. The molecule has 2 aromatic carbocycles. The number of non-ortho nitro benzene ring substituents is 1. The summed E-state index contributed by atoms with van der Waals surface area (Å²) in [5.74, 6) is 1.67. The molecule has 36 heavy (non-hydrogen) atoms. The number of aryl methyl sites for hydroxylation is 2. The van der Waals surface area contributed by atoms with Crippen LogP contribution in [-0.4, -0.2) is 51.9 Å². The standard InChI is InChI=1S/C28H31N5O3/c1-3-26-25(20-23-8-5-4-6-9-23)28(30-21(2)29-26)32-17-7-16-31(18-19-32)27(34)15-12-22-10-13-24(14-11-22)33(35)36/h4-6,8-15H,3,7,16-20H2,1-2H3/b15-12+. The molecule has 1 aliphatic heterocycles. The van der Waals surface area contributed by atoms with Gasteiger partial charge in [0.15, 0.2) is 0 Å². The highest BCUT2D eigenvalue weighted by Crippen LogP contribution is 2.26. The summed E-state index contributed by atoms with van der Waals surface area (Å²) in [5, 5.41) is 10.8. The smallest absolute Gasteiger partial charge is 0.269 e. The van der Waals surface area contributed by atoms with Crippen molar-refractivity contribution in [1.82, 2.24) is 14.9 Å². The van der Waals surface area contributed by atoms with Crippen molar-refractivity contribution in [1.29, 1.82) is 0 Å². The molecule has 0 atom stereocenters. The van der Waals surface area contributed by atoms with Crippen molar-refractivity contribution >= 4 is 23.5 Å². The molecule has 0 N–H and O–H groups in total. The van der Waals surface area contributed by atoms with Gasteiger partial charge >= 0.3 is 0 Å². The monoisotopic (exact) mass is 485 g/mol. The number of nitro benzene ring substituents is 1. The molecule has 8 nitrogen and oxygen atoms in total. The lowest BCUT2D eigenvalue weighted by atomic mass is 10.0. The van der Waals surface area contributed by atoms with Gasteiger partial charge in [0.2, 0.25) is 5.91 Å². The number of hydrogen-bond acceptors (Lipinski definition) is 6. The topological polar surface area (TPSA) is 92.5 Å². The SMILES string of the molecule is CCc1nc(C)nc(N2CCCN(C(=O)/C=C/c3ccc([N+](=O)[O-])cc3)CC2)c1Cc1ccccc1. The highest BCUT2D eigenvalue weighted by atomic mass is 16.6. The van der Waals surface area contributed by atoms with Gasteiger partial charge in [-0.2, -0.15) is 0 Å². The van der Waals surface area contributed by atoms with E-state index < -0.39 is 4.92 Å². The van der Waals surface area contributed by atoms with Gasteiger partial charge in [0.1, 0.15) is 11.6 Å². The first-order chi connectivity index (χ1) is 17.4. The van der Waals surface area contributed by atoms with Gasteiger partial charge in [0, 0.05) is 62.1 Å². The van der Waals surface area contributed by atoms with Crippen LogP contribution >= 0.6 is 0 Å². The molecular weight excluding hydrogens is 454 g/mol. The second kappa shape index (κ2) is 11.6. The Morgan fingerprint density at radius 3 is 2.47 bits per heavy atom. The van der Waals surface area contributed by atoms with Crippen LogP contribution in [0.1, 0.15) is 41.6 Å². The first kappa shape index (κ1) is 25.0. The zero-order valence-electron chi connectivity index (χ0n) is 20.8. The lowest BCUT2D eigenvalue weighted by Gasteiger charge is -2.26. The van der Waals surface area contributed by atoms with Crippen LogP contribution in [0.5, 0.6) is 0 Å². The quantitative estimate of drug-likeness (QED) is 0.276. The Bertz CT molecular complexity index is 1240. The molecule has 4 rings (SSSR count). The van der Waals surface area contributed by atoms with Crippen LogP contribution in [0.2, 0.25) is 0 Å². The van der Waals surface area contributed by atoms with Crippen molar-refractivity contribution in [2.75, 3.05) is 31.1 Å². The molecule has 1 aromatic heterocycles. The van der Waals surface area contributed by atoms with Crippen LogP contribution in [0.3, 0.4) is 0 Å². The van der Waals surface area contributed by atoms with E-state index in [0.717, 1.165) is 54.3 Å². The number of aromatic nitrogens is 2. The second-order valence-electron chi connectivity index (χ2n) is 8.88. The fourth-order valence-corrected chi connectivity index (χ4v) is 4.50. The summed E-state index contributed by atoms with van der Waals surface area (Å²) in [6.45, 7) is 6.83. The predicted molar refractivity (Wildman–Crippen MR) is 141 cm³/mol. The number of anilines is 1. The number of carbonyl (C=O) groups excluding carboxylic acids is 1. The third kappa shape index (κ3) is 6.13. The molecule has 0 unspecified atom stereocenters. The van der Waals surface area contributed by atoms with Gasteiger partial charge in [-0.25, -0.2) is 9.97 Å². The van der Waals surface area contributed by atoms with E-state index in [1.54, 1.807) is 24.3 Å². The molecule has 3 aromatic rings. The van der Waals surface area contributed by atoms with E-state index in [1.165, 1.54) is 17.7 Å². The number of amides is 1. The number of carbonyl (C=O) groups is 1. The Hall–Kier alpha value is -4.07. The zero-order valence-corrected chi connectivity index (χ0v) is 20.8. The Morgan fingerprint density at radius 1 is 1.03 bits per heavy atom. The predicted octanol–water partition coefficient (Wildman–Crippen LogP) is 4.60. The number of rotatable bonds is 7. The molecule has 186 valence electrons. The van der Waals surface area contributed by atoms with Crippen molar-refractivity contribution in [2.45, 2.75) is 33.1 Å². The second-order valence-corrected chi connectivity index (χ2v) is 8.88. The zero-order chi connectivity index (χ0) is 25.5. The molecule has 0 bridgehead atoms.